The van der Waals surface area contributed by atoms with Gasteiger partial charge in [-0.15, -0.1) is 0 Å². The van der Waals surface area contributed by atoms with Gasteiger partial charge in [-0.1, -0.05) is 0 Å². The van der Waals surface area contributed by atoms with Crippen molar-refractivity contribution < 1.29 is 27.5 Å². The van der Waals surface area contributed by atoms with Crippen molar-refractivity contribution in [2.45, 2.75) is 11.9 Å². The first-order chi connectivity index (χ1) is 9.86. The van der Waals surface area contributed by atoms with E-state index in [1.807, 2.05) is 5.32 Å². The molecule has 10 nitrogen and oxygen atoms in total. The van der Waals surface area contributed by atoms with Gasteiger partial charge in [-0.05, 0) is 6.92 Å². The molecule has 2 heterocycles. The molecule has 114 valence electrons. The number of hydrogen-bond acceptors (Lipinski definition) is 7. The van der Waals surface area contributed by atoms with Crippen molar-refractivity contribution in [2.75, 3.05) is 19.7 Å². The van der Waals surface area contributed by atoms with Crippen LogP contribution in [0.15, 0.2) is 11.2 Å². The Bertz CT molecular complexity index is 678. The van der Waals surface area contributed by atoms with E-state index in [0.29, 0.717) is 4.31 Å². The van der Waals surface area contributed by atoms with Crippen molar-refractivity contribution in [1.29, 1.82) is 0 Å². The fraction of sp³-hybridized carbons (Fsp3) is 0.400. The molecule has 1 aromatic rings. The maximum absolute atomic E-state index is 12.4. The van der Waals surface area contributed by atoms with Gasteiger partial charge in [0.15, 0.2) is 5.03 Å². The largest absolute Gasteiger partial charge is 0.462 e. The molecule has 1 aliphatic rings. The lowest BCUT2D eigenvalue weighted by atomic mass is 10.4. The van der Waals surface area contributed by atoms with E-state index in [9.17, 15) is 22.8 Å². The van der Waals surface area contributed by atoms with Crippen LogP contribution < -0.4 is 5.32 Å². The van der Waals surface area contributed by atoms with E-state index < -0.39 is 45.9 Å². The van der Waals surface area contributed by atoms with Gasteiger partial charge in [0.25, 0.3) is 10.0 Å². The number of amides is 2. The number of H-pyrrole nitrogens is 1. The zero-order valence-corrected chi connectivity index (χ0v) is 11.8. The van der Waals surface area contributed by atoms with Crippen molar-refractivity contribution in [3.63, 3.8) is 0 Å². The monoisotopic (exact) mass is 316 g/mol. The Hall–Kier alpha value is -2.27. The highest BCUT2D eigenvalue weighted by molar-refractivity contribution is 7.89. The first-order valence-electron chi connectivity index (χ1n) is 5.89. The molecule has 2 N–H and O–H groups in total. The maximum atomic E-state index is 12.4. The van der Waals surface area contributed by atoms with Gasteiger partial charge in [-0.25, -0.2) is 13.2 Å². The Morgan fingerprint density at radius 3 is 2.57 bits per heavy atom. The average molecular weight is 316 g/mol. The number of aromatic nitrogens is 2. The summed E-state index contributed by atoms with van der Waals surface area (Å²) < 4.78 is 30.1. The van der Waals surface area contributed by atoms with Crippen LogP contribution in [0.1, 0.15) is 17.3 Å². The third-order valence-electron chi connectivity index (χ3n) is 2.62. The van der Waals surface area contributed by atoms with Gasteiger partial charge in [-0.2, -0.15) is 9.40 Å². The summed E-state index contributed by atoms with van der Waals surface area (Å²) in [6.45, 7) is 0.596. The van der Waals surface area contributed by atoms with Crippen LogP contribution in [0, 0.1) is 0 Å². The Morgan fingerprint density at radius 2 is 2.00 bits per heavy atom. The summed E-state index contributed by atoms with van der Waals surface area (Å²) in [6.07, 6.45) is 1.01. The van der Waals surface area contributed by atoms with E-state index in [-0.39, 0.29) is 12.2 Å². The van der Waals surface area contributed by atoms with Crippen molar-refractivity contribution in [2.24, 2.45) is 0 Å². The Morgan fingerprint density at radius 1 is 1.38 bits per heavy atom. The summed E-state index contributed by atoms with van der Waals surface area (Å²) >= 11 is 0. The lowest BCUT2D eigenvalue weighted by molar-refractivity contribution is -0.134. The topological polar surface area (TPSA) is 139 Å². The van der Waals surface area contributed by atoms with Crippen molar-refractivity contribution in [3.8, 4) is 0 Å². The molecule has 1 aliphatic heterocycles. The summed E-state index contributed by atoms with van der Waals surface area (Å²) in [5, 5.41) is 7.17. The van der Waals surface area contributed by atoms with Crippen LogP contribution in [0.5, 0.6) is 0 Å². The number of sulfonamides is 1. The fourth-order valence-electron chi connectivity index (χ4n) is 1.74. The number of carbonyl (C=O) groups excluding carboxylic acids is 3. The molecule has 0 aromatic carbocycles. The third-order valence-corrected chi connectivity index (χ3v) is 4.38. The van der Waals surface area contributed by atoms with Crippen LogP contribution in [0.2, 0.25) is 0 Å². The molecule has 0 aliphatic carbocycles. The molecule has 0 unspecified atom stereocenters. The lowest BCUT2D eigenvalue weighted by Crippen LogP contribution is -2.53. The molecule has 1 saturated heterocycles. The summed E-state index contributed by atoms with van der Waals surface area (Å²) in [5.41, 5.74) is -0.282. The normalized spacial score (nSPS) is 16.6. The summed E-state index contributed by atoms with van der Waals surface area (Å²) in [6, 6.07) is 0. The molecule has 0 bridgehead atoms. The van der Waals surface area contributed by atoms with Gasteiger partial charge < -0.3 is 4.74 Å². The van der Waals surface area contributed by atoms with Crippen molar-refractivity contribution in [3.05, 3.63) is 11.8 Å². The quantitative estimate of drug-likeness (QED) is 0.495. The highest BCUT2D eigenvalue weighted by atomic mass is 32.2. The van der Waals surface area contributed by atoms with Crippen LogP contribution in [-0.2, 0) is 24.3 Å². The molecule has 2 rings (SSSR count). The Kier molecular flexibility index (Phi) is 4.04. The van der Waals surface area contributed by atoms with E-state index in [0.717, 1.165) is 6.20 Å². The second kappa shape index (κ2) is 5.61. The van der Waals surface area contributed by atoms with E-state index in [2.05, 4.69) is 10.2 Å². The minimum atomic E-state index is -4.25. The second-order valence-corrected chi connectivity index (χ2v) is 5.95. The first kappa shape index (κ1) is 15.1. The molecule has 0 saturated carbocycles. The van der Waals surface area contributed by atoms with Crippen LogP contribution in [-0.4, -0.2) is 60.4 Å². The van der Waals surface area contributed by atoms with Gasteiger partial charge in [0.1, 0.15) is 5.56 Å². The molecular weight excluding hydrogens is 304 g/mol. The molecule has 1 aromatic heterocycles. The van der Waals surface area contributed by atoms with Crippen LogP contribution in [0.3, 0.4) is 0 Å². The van der Waals surface area contributed by atoms with Gasteiger partial charge in [0.2, 0.25) is 11.8 Å². The second-order valence-electron chi connectivity index (χ2n) is 4.08. The molecule has 1 fully saturated rings. The smallest absolute Gasteiger partial charge is 0.342 e. The van der Waals surface area contributed by atoms with Gasteiger partial charge in [0, 0.05) is 0 Å². The number of ether oxygens (including phenoxy) is 1. The fourth-order valence-corrected chi connectivity index (χ4v) is 3.15. The van der Waals surface area contributed by atoms with Crippen molar-refractivity contribution >= 4 is 27.8 Å². The number of hydrogen-bond donors (Lipinski definition) is 2. The van der Waals surface area contributed by atoms with Crippen LogP contribution in [0.25, 0.3) is 0 Å². The molecule has 11 heteroatoms. The number of nitrogens with one attached hydrogen (secondary N) is 2. The van der Waals surface area contributed by atoms with E-state index in [1.54, 1.807) is 6.92 Å². The number of carbonyl (C=O) groups is 3. The molecular formula is C10H12N4O6S. The number of imide groups is 1. The summed E-state index contributed by atoms with van der Waals surface area (Å²) in [7, 11) is -4.25. The Labute approximate surface area is 119 Å². The maximum Gasteiger partial charge on any atom is 0.342 e. The zero-order valence-electron chi connectivity index (χ0n) is 11.0. The number of aromatic amines is 1. The molecule has 2 amide bonds. The summed E-state index contributed by atoms with van der Waals surface area (Å²) in [5.74, 6) is -2.35. The molecule has 21 heavy (non-hydrogen) atoms. The lowest BCUT2D eigenvalue weighted by Gasteiger charge is -2.24. The minimum absolute atomic E-state index is 0.0636. The van der Waals surface area contributed by atoms with Gasteiger partial charge in [0.05, 0.1) is 25.9 Å². The third kappa shape index (κ3) is 2.92. The number of rotatable bonds is 4. The number of nitrogens with zero attached hydrogens (tertiary/aromatic N) is 2. The molecule has 0 atom stereocenters. The van der Waals surface area contributed by atoms with E-state index >= 15 is 0 Å². The zero-order chi connectivity index (χ0) is 15.6. The van der Waals surface area contributed by atoms with Gasteiger partial charge in [-0.3, -0.25) is 20.0 Å². The first-order valence-corrected chi connectivity index (χ1v) is 7.33. The SMILES string of the molecule is CCOC(=O)c1cn[nH]c1S(=O)(=O)N1CC(=O)NC(=O)C1. The molecule has 0 radical (unpaired) electrons. The Balaban J connectivity index is 2.36. The minimum Gasteiger partial charge on any atom is -0.462 e. The van der Waals surface area contributed by atoms with Crippen molar-refractivity contribution in [1.82, 2.24) is 19.8 Å². The van der Waals surface area contributed by atoms with E-state index in [4.69, 9.17) is 4.74 Å². The summed E-state index contributed by atoms with van der Waals surface area (Å²) in [4.78, 5) is 34.2. The highest BCUT2D eigenvalue weighted by Crippen LogP contribution is 2.19. The predicted molar refractivity (Wildman–Crippen MR) is 66.5 cm³/mol. The number of esters is 1. The van der Waals surface area contributed by atoms with E-state index in [1.165, 1.54) is 0 Å². The van der Waals surface area contributed by atoms with Gasteiger partial charge >= 0.3 is 5.97 Å². The predicted octanol–water partition coefficient (Wildman–Crippen LogP) is -1.77. The van der Waals surface area contributed by atoms with Crippen LogP contribution >= 0.6 is 0 Å². The molecule has 0 spiro atoms. The van der Waals surface area contributed by atoms with Crippen LogP contribution in [0.4, 0.5) is 0 Å². The standard InChI is InChI=1S/C10H12N4O6S/c1-2-20-10(17)6-3-11-13-9(6)21(18,19)14-4-7(15)12-8(16)5-14/h3H,2,4-5H2,1H3,(H,11,13)(H,12,15,16). The number of piperazine rings is 1. The average Bonchev–Trinajstić information content (AvgIpc) is 2.87. The highest BCUT2D eigenvalue weighted by Gasteiger charge is 2.36.